The molecule has 0 spiro atoms. The third-order valence-electron chi connectivity index (χ3n) is 3.38. The number of halogens is 1. The Morgan fingerprint density at radius 3 is 2.60 bits per heavy atom. The van der Waals surface area contributed by atoms with Gasteiger partial charge in [0.05, 0.1) is 6.04 Å². The smallest absolute Gasteiger partial charge is 0.410 e. The van der Waals surface area contributed by atoms with E-state index in [0.717, 1.165) is 5.56 Å². The van der Waals surface area contributed by atoms with Gasteiger partial charge in [-0.2, -0.15) is 0 Å². The molecule has 3 nitrogen and oxygen atoms in total. The Labute approximate surface area is 119 Å². The molecule has 1 amide bonds. The number of carbonyl (C=O) groups excluding carboxylic acids is 1. The summed E-state index contributed by atoms with van der Waals surface area (Å²) in [6.07, 6.45) is -0.487. The molecule has 1 aliphatic heterocycles. The van der Waals surface area contributed by atoms with E-state index in [0.29, 0.717) is 19.4 Å². The third kappa shape index (κ3) is 3.71. The highest BCUT2D eigenvalue weighted by molar-refractivity contribution is 5.69. The highest BCUT2D eigenvalue weighted by Gasteiger charge is 2.39. The molecule has 1 aromatic rings. The molecule has 1 aliphatic rings. The van der Waals surface area contributed by atoms with Gasteiger partial charge in [-0.05, 0) is 39.2 Å². The van der Waals surface area contributed by atoms with Gasteiger partial charge in [-0.25, -0.2) is 9.18 Å². The summed E-state index contributed by atoms with van der Waals surface area (Å²) in [5.41, 5.74) is 0.485. The first-order valence-corrected chi connectivity index (χ1v) is 7.04. The van der Waals surface area contributed by atoms with Crippen LogP contribution in [-0.2, 0) is 11.2 Å². The minimum absolute atomic E-state index is 0.386. The van der Waals surface area contributed by atoms with Crippen LogP contribution in [0.25, 0.3) is 0 Å². The summed E-state index contributed by atoms with van der Waals surface area (Å²) in [7, 11) is 0. The molecular weight excluding hydrogens is 257 g/mol. The van der Waals surface area contributed by atoms with Crippen molar-refractivity contribution in [1.29, 1.82) is 0 Å². The van der Waals surface area contributed by atoms with Gasteiger partial charge in [0, 0.05) is 6.54 Å². The Kier molecular flexibility index (Phi) is 4.31. The summed E-state index contributed by atoms with van der Waals surface area (Å²) < 4.78 is 19.4. The van der Waals surface area contributed by atoms with E-state index in [-0.39, 0.29) is 0 Å². The Balaban J connectivity index is 2.07. The van der Waals surface area contributed by atoms with E-state index >= 15 is 0 Å². The number of carbonyl (C=O) groups is 1. The first-order valence-electron chi connectivity index (χ1n) is 7.04. The molecule has 2 rings (SSSR count). The molecule has 20 heavy (non-hydrogen) atoms. The zero-order chi connectivity index (χ0) is 14.8. The van der Waals surface area contributed by atoms with Crippen molar-refractivity contribution < 1.29 is 13.9 Å². The predicted octanol–water partition coefficient (Wildman–Crippen LogP) is 3.58. The molecule has 0 radical (unpaired) electrons. The predicted molar refractivity (Wildman–Crippen MR) is 76.4 cm³/mol. The van der Waals surface area contributed by atoms with Gasteiger partial charge < -0.3 is 9.64 Å². The second-order valence-corrected chi connectivity index (χ2v) is 6.24. The maximum atomic E-state index is 14.1. The highest BCUT2D eigenvalue weighted by atomic mass is 19.1. The van der Waals surface area contributed by atoms with Gasteiger partial charge in [0.2, 0.25) is 0 Å². The Morgan fingerprint density at radius 2 is 2.00 bits per heavy atom. The number of amides is 1. The maximum Gasteiger partial charge on any atom is 0.410 e. The van der Waals surface area contributed by atoms with Crippen LogP contribution in [0.2, 0.25) is 0 Å². The Morgan fingerprint density at radius 1 is 1.35 bits per heavy atom. The van der Waals surface area contributed by atoms with Crippen LogP contribution in [0, 0.1) is 0 Å². The van der Waals surface area contributed by atoms with Crippen molar-refractivity contribution in [3.8, 4) is 0 Å². The van der Waals surface area contributed by atoms with E-state index in [1.54, 1.807) is 0 Å². The van der Waals surface area contributed by atoms with Gasteiger partial charge in [0.25, 0.3) is 0 Å². The molecule has 1 saturated heterocycles. The molecular formula is C16H22FNO2. The van der Waals surface area contributed by atoms with Crippen LogP contribution >= 0.6 is 0 Å². The topological polar surface area (TPSA) is 29.5 Å². The maximum absolute atomic E-state index is 14.1. The molecule has 4 heteroatoms. The third-order valence-corrected chi connectivity index (χ3v) is 3.38. The van der Waals surface area contributed by atoms with Crippen LogP contribution in [0.1, 0.15) is 32.8 Å². The number of hydrogen-bond donors (Lipinski definition) is 0. The lowest BCUT2D eigenvalue weighted by Gasteiger charge is -2.29. The number of nitrogens with zero attached hydrogens (tertiary/aromatic N) is 1. The lowest BCUT2D eigenvalue weighted by Crippen LogP contribution is -2.43. The van der Waals surface area contributed by atoms with Crippen molar-refractivity contribution >= 4 is 6.09 Å². The second-order valence-electron chi connectivity index (χ2n) is 6.24. The quantitative estimate of drug-likeness (QED) is 0.828. The number of alkyl halides is 1. The minimum atomic E-state index is -0.984. The highest BCUT2D eigenvalue weighted by Crippen LogP contribution is 2.26. The number of ether oxygens (including phenoxy) is 1. The lowest BCUT2D eigenvalue weighted by atomic mass is 10.0. The van der Waals surface area contributed by atoms with Crippen LogP contribution in [0.5, 0.6) is 0 Å². The van der Waals surface area contributed by atoms with Crippen LogP contribution in [0.4, 0.5) is 9.18 Å². The SMILES string of the molecule is CC(C)(C)OC(=O)N1CCC(F)C1Cc1ccccc1. The van der Waals surface area contributed by atoms with Gasteiger partial charge in [-0.3, -0.25) is 0 Å². The van der Waals surface area contributed by atoms with Crippen LogP contribution in [0.15, 0.2) is 30.3 Å². The summed E-state index contributed by atoms with van der Waals surface area (Å²) >= 11 is 0. The first kappa shape index (κ1) is 14.8. The van der Waals surface area contributed by atoms with Crippen molar-refractivity contribution in [2.24, 2.45) is 0 Å². The molecule has 1 aromatic carbocycles. The molecule has 0 aromatic heterocycles. The number of hydrogen-bond acceptors (Lipinski definition) is 2. The van der Waals surface area contributed by atoms with E-state index < -0.39 is 23.9 Å². The van der Waals surface area contributed by atoms with E-state index in [1.165, 1.54) is 4.90 Å². The fourth-order valence-corrected chi connectivity index (χ4v) is 2.46. The van der Waals surface area contributed by atoms with Crippen molar-refractivity contribution in [3.63, 3.8) is 0 Å². The fourth-order valence-electron chi connectivity index (χ4n) is 2.46. The van der Waals surface area contributed by atoms with Crippen molar-refractivity contribution in [1.82, 2.24) is 4.90 Å². The number of likely N-dealkylation sites (tertiary alicyclic amines) is 1. The van der Waals surface area contributed by atoms with Crippen molar-refractivity contribution in [2.75, 3.05) is 6.54 Å². The van der Waals surface area contributed by atoms with Crippen LogP contribution in [0.3, 0.4) is 0 Å². The standard InChI is InChI=1S/C16H22FNO2/c1-16(2,3)20-15(19)18-10-9-13(17)14(18)11-12-7-5-4-6-8-12/h4-8,13-14H,9-11H2,1-3H3. The molecule has 0 bridgehead atoms. The average molecular weight is 279 g/mol. The van der Waals surface area contributed by atoms with Gasteiger partial charge in [-0.15, -0.1) is 0 Å². The zero-order valence-electron chi connectivity index (χ0n) is 12.3. The largest absolute Gasteiger partial charge is 0.444 e. The summed E-state index contributed by atoms with van der Waals surface area (Å²) in [5.74, 6) is 0. The van der Waals surface area contributed by atoms with E-state index in [4.69, 9.17) is 4.74 Å². The summed E-state index contributed by atoms with van der Waals surface area (Å²) in [4.78, 5) is 13.7. The molecule has 0 saturated carbocycles. The number of rotatable bonds is 2. The Hall–Kier alpha value is -1.58. The van der Waals surface area contributed by atoms with Gasteiger partial charge in [0.15, 0.2) is 0 Å². The number of benzene rings is 1. The molecule has 0 N–H and O–H groups in total. The summed E-state index contributed by atoms with van der Waals surface area (Å²) in [5, 5.41) is 0. The van der Waals surface area contributed by atoms with Gasteiger partial charge >= 0.3 is 6.09 Å². The van der Waals surface area contributed by atoms with Gasteiger partial charge in [-0.1, -0.05) is 30.3 Å². The minimum Gasteiger partial charge on any atom is -0.444 e. The average Bonchev–Trinajstić information content (AvgIpc) is 2.70. The molecule has 1 heterocycles. The molecule has 110 valence electrons. The summed E-state index contributed by atoms with van der Waals surface area (Å²) in [6.45, 7) is 5.88. The van der Waals surface area contributed by atoms with Gasteiger partial charge in [0.1, 0.15) is 11.8 Å². The molecule has 1 fully saturated rings. The van der Waals surface area contributed by atoms with E-state index in [9.17, 15) is 9.18 Å². The van der Waals surface area contributed by atoms with E-state index in [2.05, 4.69) is 0 Å². The van der Waals surface area contributed by atoms with Crippen LogP contribution in [-0.4, -0.2) is 35.4 Å². The molecule has 2 unspecified atom stereocenters. The first-order chi connectivity index (χ1) is 9.37. The molecule has 2 atom stereocenters. The zero-order valence-corrected chi connectivity index (χ0v) is 12.3. The van der Waals surface area contributed by atoms with Crippen molar-refractivity contribution in [3.05, 3.63) is 35.9 Å². The Bertz CT molecular complexity index is 455. The normalized spacial score (nSPS) is 22.9. The van der Waals surface area contributed by atoms with E-state index in [1.807, 2.05) is 51.1 Å². The fraction of sp³-hybridized carbons (Fsp3) is 0.562. The van der Waals surface area contributed by atoms with Crippen LogP contribution < -0.4 is 0 Å². The lowest BCUT2D eigenvalue weighted by molar-refractivity contribution is 0.0197. The summed E-state index contributed by atoms with van der Waals surface area (Å²) in [6, 6.07) is 9.27. The monoisotopic (exact) mass is 279 g/mol. The second kappa shape index (κ2) is 5.81. The van der Waals surface area contributed by atoms with Crippen molar-refractivity contribution in [2.45, 2.75) is 51.4 Å². The molecule has 0 aliphatic carbocycles.